The number of ether oxygens (including phenoxy) is 8. The first-order valence-electron chi connectivity index (χ1n) is 31.2. The minimum atomic E-state index is -0.814. The molecule has 3 aromatic carbocycles. The predicted molar refractivity (Wildman–Crippen MR) is 336 cm³/mol. The molecule has 0 saturated carbocycles. The lowest BCUT2D eigenvalue weighted by atomic mass is 9.85. The summed E-state index contributed by atoms with van der Waals surface area (Å²) in [5.74, 6) is 0.285. The van der Waals surface area contributed by atoms with Crippen LogP contribution in [0.2, 0.25) is 0 Å². The molecular weight excluding hydrogens is 1090 g/mol. The van der Waals surface area contributed by atoms with Crippen LogP contribution in [0.1, 0.15) is 133 Å². The van der Waals surface area contributed by atoms with Crippen LogP contribution < -0.4 is 15.0 Å². The van der Waals surface area contributed by atoms with Crippen molar-refractivity contribution in [3.8, 4) is 16.9 Å². The van der Waals surface area contributed by atoms with E-state index in [4.69, 9.17) is 37.9 Å². The van der Waals surface area contributed by atoms with Crippen molar-refractivity contribution in [1.82, 2.24) is 10.2 Å². The van der Waals surface area contributed by atoms with E-state index < -0.39 is 23.4 Å². The number of allylic oxidation sites excluding steroid dienone is 8. The Morgan fingerprint density at radius 1 is 0.709 bits per heavy atom. The SMILES string of the molecule is CCN(c1cc(-c2ccc(OCCOCCOCCOCCOCCOCCOCC(=O)NC(C(=O)N3CCC[C@H]3C(=O)CCc3ccc(C4=C(C)C=CC4)cc3)C(C)(C)C)cc2)cc(C(=O)CCC2=C(C)C=C(C)CC2=O)c1C)C1CCOCC1. The number of amides is 2. The Labute approximate surface area is 511 Å². The molecule has 2 atom stereocenters. The van der Waals surface area contributed by atoms with E-state index in [1.165, 1.54) is 16.7 Å². The number of aryl methyl sites for hydroxylation is 1. The molecule has 2 aliphatic heterocycles. The number of nitrogens with zero attached hydrogens (tertiary/aromatic N) is 2. The highest BCUT2D eigenvalue weighted by Gasteiger charge is 2.41. The maximum Gasteiger partial charge on any atom is 0.246 e. The summed E-state index contributed by atoms with van der Waals surface area (Å²) in [7, 11) is 0. The third-order valence-corrected chi connectivity index (χ3v) is 16.5. The van der Waals surface area contributed by atoms with Gasteiger partial charge in [0.05, 0.1) is 78.7 Å². The summed E-state index contributed by atoms with van der Waals surface area (Å²) >= 11 is 0. The van der Waals surface area contributed by atoms with E-state index in [0.717, 1.165) is 95.9 Å². The molecule has 3 aromatic rings. The second-order valence-electron chi connectivity index (χ2n) is 23.9. The molecule has 2 aliphatic carbocycles. The molecule has 1 N–H and O–H groups in total. The minimum absolute atomic E-state index is 0.0388. The van der Waals surface area contributed by atoms with Crippen molar-refractivity contribution < 1.29 is 61.9 Å². The van der Waals surface area contributed by atoms with E-state index in [2.05, 4.69) is 72.6 Å². The van der Waals surface area contributed by atoms with E-state index in [1.54, 1.807) is 4.90 Å². The van der Waals surface area contributed by atoms with Gasteiger partial charge in [-0.3, -0.25) is 24.0 Å². The number of ketones is 3. The molecular formula is C70H95N3O13. The first-order valence-corrected chi connectivity index (χ1v) is 31.2. The fourth-order valence-corrected chi connectivity index (χ4v) is 11.7. The summed E-state index contributed by atoms with van der Waals surface area (Å²) in [6.07, 6.45) is 12.6. The molecule has 16 nitrogen and oxygen atoms in total. The van der Waals surface area contributed by atoms with Crippen LogP contribution in [-0.4, -0.2) is 164 Å². The van der Waals surface area contributed by atoms with E-state index in [1.807, 2.05) is 71.9 Å². The van der Waals surface area contributed by atoms with Gasteiger partial charge in [0.15, 0.2) is 17.3 Å². The van der Waals surface area contributed by atoms with Crippen LogP contribution in [-0.2, 0) is 58.8 Å². The van der Waals surface area contributed by atoms with Crippen molar-refractivity contribution in [3.05, 3.63) is 123 Å². The molecule has 86 heavy (non-hydrogen) atoms. The topological polar surface area (TPSA) is 178 Å². The third kappa shape index (κ3) is 20.2. The normalized spacial score (nSPS) is 16.9. The summed E-state index contributed by atoms with van der Waals surface area (Å²) in [6, 6.07) is 19.6. The van der Waals surface area contributed by atoms with Crippen LogP contribution in [0.3, 0.4) is 0 Å². The fraction of sp³-hybridized carbons (Fsp3) is 0.557. The van der Waals surface area contributed by atoms with Crippen LogP contribution in [0.15, 0.2) is 101 Å². The minimum Gasteiger partial charge on any atom is -0.491 e. The number of likely N-dealkylation sites (tertiary alicyclic amines) is 1. The maximum absolute atomic E-state index is 14.1. The van der Waals surface area contributed by atoms with Gasteiger partial charge in [-0.25, -0.2) is 0 Å². The lowest BCUT2D eigenvalue weighted by molar-refractivity contribution is -0.144. The Balaban J connectivity index is 0.700. The zero-order valence-corrected chi connectivity index (χ0v) is 52.5. The Hall–Kier alpha value is -6.11. The molecule has 0 spiro atoms. The molecule has 2 heterocycles. The number of hydrogen-bond acceptors (Lipinski definition) is 14. The lowest BCUT2D eigenvalue weighted by Crippen LogP contribution is -2.57. The van der Waals surface area contributed by atoms with Gasteiger partial charge in [-0.05, 0) is 159 Å². The summed E-state index contributed by atoms with van der Waals surface area (Å²) in [5.41, 5.74) is 11.8. The highest BCUT2D eigenvalue weighted by molar-refractivity contribution is 6.03. The molecule has 0 aromatic heterocycles. The first kappa shape index (κ1) is 67.4. The van der Waals surface area contributed by atoms with Gasteiger partial charge in [-0.2, -0.15) is 0 Å². The Morgan fingerprint density at radius 2 is 1.31 bits per heavy atom. The van der Waals surface area contributed by atoms with Crippen LogP contribution in [0.4, 0.5) is 5.69 Å². The van der Waals surface area contributed by atoms with Crippen molar-refractivity contribution in [2.45, 2.75) is 138 Å². The summed E-state index contributed by atoms with van der Waals surface area (Å²) < 4.78 is 45.5. The van der Waals surface area contributed by atoms with Gasteiger partial charge < -0.3 is 53.0 Å². The van der Waals surface area contributed by atoms with Crippen LogP contribution in [0, 0.1) is 12.3 Å². The summed E-state index contributed by atoms with van der Waals surface area (Å²) in [5, 5.41) is 2.89. The molecule has 468 valence electrons. The van der Waals surface area contributed by atoms with Gasteiger partial charge in [0.1, 0.15) is 25.0 Å². The Bertz CT molecular complexity index is 2860. The van der Waals surface area contributed by atoms with Crippen LogP contribution >= 0.6 is 0 Å². The number of carbonyl (C=O) groups is 5. The predicted octanol–water partition coefficient (Wildman–Crippen LogP) is 10.8. The fourth-order valence-electron chi connectivity index (χ4n) is 11.7. The largest absolute Gasteiger partial charge is 0.491 e. The quantitative estimate of drug-likeness (QED) is 0.0429. The van der Waals surface area contributed by atoms with Crippen molar-refractivity contribution in [2.75, 3.05) is 117 Å². The van der Waals surface area contributed by atoms with E-state index in [-0.39, 0.29) is 49.5 Å². The smallest absolute Gasteiger partial charge is 0.246 e. The molecule has 4 aliphatic rings. The van der Waals surface area contributed by atoms with E-state index in [0.29, 0.717) is 116 Å². The van der Waals surface area contributed by atoms with Crippen LogP contribution in [0.25, 0.3) is 16.7 Å². The Kier molecular flexibility index (Phi) is 27.0. The molecule has 0 bridgehead atoms. The number of nitrogens with one attached hydrogen (secondary N) is 1. The summed E-state index contributed by atoms with van der Waals surface area (Å²) in [4.78, 5) is 71.6. The number of rotatable bonds is 36. The van der Waals surface area contributed by atoms with E-state index >= 15 is 0 Å². The Morgan fingerprint density at radius 3 is 1.90 bits per heavy atom. The highest BCUT2D eigenvalue weighted by Crippen LogP contribution is 2.36. The number of anilines is 1. The standard InChI is InChI=1S/C70H95N3O13/c1-9-72(57-27-30-79-31-28-57)63-47-56(46-61(52(63)5)64(74)26-24-60-51(4)44-49(2)45-66(60)76)54-20-22-58(23-21-54)86-43-42-84-39-38-82-35-34-80-32-33-81-36-37-83-40-41-85-48-67(77)71-68(70(6,7)8)69(78)73-29-11-14-62(73)65(75)25-17-53-15-18-55(19-16-53)59-13-10-12-50(59)3/h10,12,15-16,18-23,44,46-47,57,62,68H,9,11,13-14,17,24-43,45,48H2,1-8H3,(H,71,77)/t62-,68?/m0/s1. The van der Waals surface area contributed by atoms with E-state index in [9.17, 15) is 24.0 Å². The van der Waals surface area contributed by atoms with Gasteiger partial charge in [-0.1, -0.05) is 81.0 Å². The molecule has 1 unspecified atom stereocenters. The average Bonchev–Trinajstić information content (AvgIpc) is 1.48. The van der Waals surface area contributed by atoms with Crippen molar-refractivity contribution >= 4 is 40.4 Å². The summed E-state index contributed by atoms with van der Waals surface area (Å²) in [6.45, 7) is 23.0. The van der Waals surface area contributed by atoms with Gasteiger partial charge in [0, 0.05) is 62.9 Å². The van der Waals surface area contributed by atoms with Crippen LogP contribution in [0.5, 0.6) is 5.75 Å². The first-order chi connectivity index (χ1) is 41.5. The molecule has 16 heteroatoms. The molecule has 2 amide bonds. The molecule has 2 fully saturated rings. The monoisotopic (exact) mass is 1190 g/mol. The number of carbonyl (C=O) groups excluding carboxylic acids is 5. The lowest BCUT2D eigenvalue weighted by Gasteiger charge is -2.37. The molecule has 2 saturated heterocycles. The third-order valence-electron chi connectivity index (χ3n) is 16.5. The number of Topliss-reactive ketones (excluding diaryl/α,β-unsaturated/α-hetero) is 3. The zero-order valence-electron chi connectivity index (χ0n) is 52.5. The van der Waals surface area contributed by atoms with Gasteiger partial charge >= 0.3 is 0 Å². The zero-order chi connectivity index (χ0) is 61.4. The van der Waals surface area contributed by atoms with Crippen molar-refractivity contribution in [1.29, 1.82) is 0 Å². The number of benzene rings is 3. The van der Waals surface area contributed by atoms with Gasteiger partial charge in [-0.15, -0.1) is 0 Å². The second kappa shape index (κ2) is 34.4. The average molecular weight is 1190 g/mol. The van der Waals surface area contributed by atoms with Gasteiger partial charge in [0.25, 0.3) is 0 Å². The van der Waals surface area contributed by atoms with Crippen molar-refractivity contribution in [2.24, 2.45) is 5.41 Å². The maximum atomic E-state index is 14.1. The van der Waals surface area contributed by atoms with Crippen molar-refractivity contribution in [3.63, 3.8) is 0 Å². The number of hydrogen-bond donors (Lipinski definition) is 1. The van der Waals surface area contributed by atoms with Gasteiger partial charge in [0.2, 0.25) is 11.8 Å². The molecule has 7 rings (SSSR count). The molecule has 0 radical (unpaired) electrons. The second-order valence-corrected chi connectivity index (χ2v) is 23.9. The highest BCUT2D eigenvalue weighted by atomic mass is 16.6.